The second-order valence-electron chi connectivity index (χ2n) is 7.45. The van der Waals surface area contributed by atoms with Crippen LogP contribution in [0.4, 0.5) is 4.39 Å². The highest BCUT2D eigenvalue weighted by atomic mass is 19.1. The van der Waals surface area contributed by atoms with Gasteiger partial charge in [0.15, 0.2) is 0 Å². The Morgan fingerprint density at radius 1 is 1.03 bits per heavy atom. The van der Waals surface area contributed by atoms with Crippen LogP contribution in [0, 0.1) is 5.82 Å². The van der Waals surface area contributed by atoms with Crippen LogP contribution >= 0.6 is 0 Å². The highest BCUT2D eigenvalue weighted by Gasteiger charge is 2.31. The van der Waals surface area contributed by atoms with E-state index < -0.39 is 0 Å². The minimum atomic E-state index is -0.333. The number of rotatable bonds is 5. The van der Waals surface area contributed by atoms with E-state index in [0.29, 0.717) is 62.7 Å². The number of halogens is 1. The predicted octanol–water partition coefficient (Wildman–Crippen LogP) is 2.87. The van der Waals surface area contributed by atoms with Gasteiger partial charge in [0.05, 0.1) is 5.56 Å². The van der Waals surface area contributed by atoms with Crippen LogP contribution in [0.3, 0.4) is 0 Å². The molecule has 3 heterocycles. The van der Waals surface area contributed by atoms with Gasteiger partial charge in [0, 0.05) is 45.6 Å². The van der Waals surface area contributed by atoms with Gasteiger partial charge in [-0.1, -0.05) is 12.1 Å². The highest BCUT2D eigenvalue weighted by molar-refractivity contribution is 5.82. The lowest BCUT2D eigenvalue weighted by Crippen LogP contribution is -2.52. The van der Waals surface area contributed by atoms with Gasteiger partial charge in [0.2, 0.25) is 5.91 Å². The maximum atomic E-state index is 13.9. The van der Waals surface area contributed by atoms with Crippen molar-refractivity contribution in [2.45, 2.75) is 31.8 Å². The zero-order valence-corrected chi connectivity index (χ0v) is 16.3. The lowest BCUT2D eigenvalue weighted by molar-refractivity contribution is -0.146. The first-order valence-electron chi connectivity index (χ1n) is 10.1. The Labute approximate surface area is 169 Å². The Balaban J connectivity index is 1.25. The normalized spacial score (nSPS) is 19.6. The molecule has 2 amide bonds. The van der Waals surface area contributed by atoms with Crippen LogP contribution in [-0.4, -0.2) is 60.5 Å². The summed E-state index contributed by atoms with van der Waals surface area (Å²) in [7, 11) is 0. The van der Waals surface area contributed by atoms with Gasteiger partial charge in [-0.2, -0.15) is 0 Å². The minimum Gasteiger partial charge on any atom is -0.461 e. The number of furan rings is 1. The quantitative estimate of drug-likeness (QED) is 0.774. The van der Waals surface area contributed by atoms with Crippen LogP contribution in [0.1, 0.15) is 25.0 Å². The van der Waals surface area contributed by atoms with Crippen LogP contribution < -0.4 is 0 Å². The molecule has 154 valence electrons. The number of piperazine rings is 1. The van der Waals surface area contributed by atoms with Crippen LogP contribution in [-0.2, 0) is 20.7 Å². The standard InChI is InChI=1S/C22H25FN2O4/c23-18-5-2-1-4-17(18)19-9-7-16(29-19)8-10-21(26)24-11-13-25(14-12-24)22(27)20-6-3-15-28-20/h1-2,4-5,7,9,20H,3,6,8,10-15H2. The number of hydrogen-bond acceptors (Lipinski definition) is 4. The molecular formula is C22H25FN2O4. The summed E-state index contributed by atoms with van der Waals surface area (Å²) in [5.74, 6) is 0.874. The molecule has 0 radical (unpaired) electrons. The minimum absolute atomic E-state index is 0.0399. The average Bonchev–Trinajstić information content (AvgIpc) is 3.44. The molecule has 0 bridgehead atoms. The monoisotopic (exact) mass is 400 g/mol. The first-order chi connectivity index (χ1) is 14.1. The average molecular weight is 400 g/mol. The molecular weight excluding hydrogens is 375 g/mol. The molecule has 4 rings (SSSR count). The molecule has 2 fully saturated rings. The number of carbonyl (C=O) groups is 2. The third-order valence-corrected chi connectivity index (χ3v) is 5.54. The van der Waals surface area contributed by atoms with Crippen LogP contribution in [0.25, 0.3) is 11.3 Å². The second-order valence-corrected chi connectivity index (χ2v) is 7.45. The van der Waals surface area contributed by atoms with Crippen molar-refractivity contribution < 1.29 is 23.1 Å². The van der Waals surface area contributed by atoms with E-state index >= 15 is 0 Å². The number of nitrogens with zero attached hydrogens (tertiary/aromatic N) is 2. The Kier molecular flexibility index (Phi) is 5.94. The van der Waals surface area contributed by atoms with E-state index in [1.807, 2.05) is 0 Å². The molecule has 0 spiro atoms. The second kappa shape index (κ2) is 8.78. The summed E-state index contributed by atoms with van der Waals surface area (Å²) in [5.41, 5.74) is 0.414. The summed E-state index contributed by atoms with van der Waals surface area (Å²) in [6, 6.07) is 9.97. The van der Waals surface area contributed by atoms with Crippen molar-refractivity contribution in [1.29, 1.82) is 0 Å². The molecule has 0 N–H and O–H groups in total. The number of benzene rings is 1. The number of ether oxygens (including phenoxy) is 1. The largest absolute Gasteiger partial charge is 0.461 e. The van der Waals surface area contributed by atoms with E-state index in [4.69, 9.17) is 9.15 Å². The molecule has 1 atom stereocenters. The summed E-state index contributed by atoms with van der Waals surface area (Å²) in [6.07, 6.45) is 2.20. The van der Waals surface area contributed by atoms with Crippen molar-refractivity contribution in [3.63, 3.8) is 0 Å². The Hall–Kier alpha value is -2.67. The summed E-state index contributed by atoms with van der Waals surface area (Å²) in [5, 5.41) is 0. The molecule has 1 aromatic carbocycles. The summed E-state index contributed by atoms with van der Waals surface area (Å²) in [4.78, 5) is 28.5. The number of hydrogen-bond donors (Lipinski definition) is 0. The van der Waals surface area contributed by atoms with Gasteiger partial charge < -0.3 is 19.0 Å². The molecule has 2 aliphatic heterocycles. The first-order valence-corrected chi connectivity index (χ1v) is 10.1. The van der Waals surface area contributed by atoms with Gasteiger partial charge in [0.1, 0.15) is 23.4 Å². The van der Waals surface area contributed by atoms with Crippen LogP contribution in [0.15, 0.2) is 40.8 Å². The van der Waals surface area contributed by atoms with E-state index in [1.54, 1.807) is 40.1 Å². The number of amides is 2. The third kappa shape index (κ3) is 4.50. The summed E-state index contributed by atoms with van der Waals surface area (Å²) in [6.45, 7) is 2.82. The summed E-state index contributed by atoms with van der Waals surface area (Å²) >= 11 is 0. The highest BCUT2D eigenvalue weighted by Crippen LogP contribution is 2.25. The fourth-order valence-electron chi connectivity index (χ4n) is 3.86. The zero-order valence-electron chi connectivity index (χ0n) is 16.3. The van der Waals surface area contributed by atoms with Gasteiger partial charge in [0.25, 0.3) is 5.91 Å². The Bertz CT molecular complexity index is 867. The Morgan fingerprint density at radius 3 is 2.52 bits per heavy atom. The van der Waals surface area contributed by atoms with Crippen molar-refractivity contribution in [1.82, 2.24) is 9.80 Å². The van der Waals surface area contributed by atoms with Gasteiger partial charge in [-0.05, 0) is 37.1 Å². The molecule has 2 saturated heterocycles. The van der Waals surface area contributed by atoms with E-state index in [9.17, 15) is 14.0 Å². The molecule has 6 nitrogen and oxygen atoms in total. The zero-order chi connectivity index (χ0) is 20.2. The van der Waals surface area contributed by atoms with Crippen molar-refractivity contribution >= 4 is 11.8 Å². The van der Waals surface area contributed by atoms with Gasteiger partial charge >= 0.3 is 0 Å². The van der Waals surface area contributed by atoms with Gasteiger partial charge in [-0.3, -0.25) is 9.59 Å². The molecule has 29 heavy (non-hydrogen) atoms. The Morgan fingerprint density at radius 2 is 1.79 bits per heavy atom. The number of aryl methyl sites for hydroxylation is 1. The number of carbonyl (C=O) groups excluding carboxylic acids is 2. The van der Waals surface area contributed by atoms with Crippen molar-refractivity contribution in [3.8, 4) is 11.3 Å². The first kappa shape index (κ1) is 19.6. The van der Waals surface area contributed by atoms with Crippen molar-refractivity contribution in [2.75, 3.05) is 32.8 Å². The van der Waals surface area contributed by atoms with Gasteiger partial charge in [-0.25, -0.2) is 4.39 Å². The third-order valence-electron chi connectivity index (χ3n) is 5.54. The van der Waals surface area contributed by atoms with E-state index in [2.05, 4.69) is 0 Å². The van der Waals surface area contributed by atoms with E-state index in [1.165, 1.54) is 6.07 Å². The van der Waals surface area contributed by atoms with Gasteiger partial charge in [-0.15, -0.1) is 0 Å². The smallest absolute Gasteiger partial charge is 0.251 e. The van der Waals surface area contributed by atoms with E-state index in [-0.39, 0.29) is 23.7 Å². The molecule has 7 heteroatoms. The fraction of sp³-hybridized carbons (Fsp3) is 0.455. The molecule has 0 aliphatic carbocycles. The lowest BCUT2D eigenvalue weighted by atomic mass is 10.1. The maximum absolute atomic E-state index is 13.9. The van der Waals surface area contributed by atoms with Crippen molar-refractivity contribution in [2.24, 2.45) is 0 Å². The fourth-order valence-corrected chi connectivity index (χ4v) is 3.86. The van der Waals surface area contributed by atoms with Crippen molar-refractivity contribution in [3.05, 3.63) is 48.0 Å². The summed E-state index contributed by atoms with van der Waals surface area (Å²) < 4.78 is 25.1. The topological polar surface area (TPSA) is 63.0 Å². The SMILES string of the molecule is O=C(CCc1ccc(-c2ccccc2F)o1)N1CCN(C(=O)C2CCCO2)CC1. The van der Waals surface area contributed by atoms with E-state index in [0.717, 1.165) is 12.8 Å². The molecule has 1 aromatic heterocycles. The predicted molar refractivity (Wildman–Crippen MR) is 105 cm³/mol. The molecule has 1 unspecified atom stereocenters. The van der Waals surface area contributed by atoms with Crippen LogP contribution in [0.2, 0.25) is 0 Å². The molecule has 0 saturated carbocycles. The molecule has 2 aliphatic rings. The molecule has 2 aromatic rings. The van der Waals surface area contributed by atoms with Crippen LogP contribution in [0.5, 0.6) is 0 Å². The maximum Gasteiger partial charge on any atom is 0.251 e. The lowest BCUT2D eigenvalue weighted by Gasteiger charge is -2.35.